The van der Waals surface area contributed by atoms with Gasteiger partial charge in [-0.2, -0.15) is 0 Å². The molecule has 29 heavy (non-hydrogen) atoms. The predicted octanol–water partition coefficient (Wildman–Crippen LogP) is 3.85. The van der Waals surface area contributed by atoms with E-state index >= 15 is 0 Å². The van der Waals surface area contributed by atoms with Crippen LogP contribution in [0.2, 0.25) is 0 Å². The van der Waals surface area contributed by atoms with Crippen LogP contribution in [0.3, 0.4) is 0 Å². The van der Waals surface area contributed by atoms with Crippen molar-refractivity contribution in [3.05, 3.63) is 60.2 Å². The van der Waals surface area contributed by atoms with E-state index in [4.69, 9.17) is 9.47 Å². The number of hydrogen-bond donors (Lipinski definition) is 1. The normalized spacial score (nSPS) is 19.0. The number of piperidine rings is 1. The Morgan fingerprint density at radius 2 is 1.72 bits per heavy atom. The molecular formula is C24H31N3O2. The number of ether oxygens (including phenoxy) is 2. The molecule has 2 aromatic carbocycles. The number of nitrogens with zero attached hydrogens (tertiary/aromatic N) is 2. The van der Waals surface area contributed by atoms with Crippen LogP contribution in [0.15, 0.2) is 59.6 Å². The summed E-state index contributed by atoms with van der Waals surface area (Å²) in [4.78, 5) is 6.90. The predicted molar refractivity (Wildman–Crippen MR) is 117 cm³/mol. The highest BCUT2D eigenvalue weighted by atomic mass is 16.5. The summed E-state index contributed by atoms with van der Waals surface area (Å²) < 4.78 is 11.4. The lowest BCUT2D eigenvalue weighted by atomic mass is 9.96. The van der Waals surface area contributed by atoms with Crippen molar-refractivity contribution in [2.45, 2.75) is 37.2 Å². The van der Waals surface area contributed by atoms with Crippen LogP contribution in [0.1, 0.15) is 31.2 Å². The molecule has 154 valence electrons. The minimum Gasteiger partial charge on any atom is -0.497 e. The summed E-state index contributed by atoms with van der Waals surface area (Å²) in [6.45, 7) is 2.85. The molecule has 0 bridgehead atoms. The van der Waals surface area contributed by atoms with E-state index in [0.29, 0.717) is 0 Å². The van der Waals surface area contributed by atoms with Gasteiger partial charge in [0.25, 0.3) is 0 Å². The molecule has 1 aliphatic heterocycles. The first-order chi connectivity index (χ1) is 14.2. The van der Waals surface area contributed by atoms with Crippen molar-refractivity contribution in [2.24, 2.45) is 4.99 Å². The third kappa shape index (κ3) is 4.66. The molecule has 0 unspecified atom stereocenters. The Morgan fingerprint density at radius 1 is 1.03 bits per heavy atom. The number of benzene rings is 2. The molecular weight excluding hydrogens is 362 g/mol. The van der Waals surface area contributed by atoms with Crippen LogP contribution in [0, 0.1) is 0 Å². The highest BCUT2D eigenvalue weighted by Gasteiger charge is 2.44. The summed E-state index contributed by atoms with van der Waals surface area (Å²) in [7, 11) is 3.59. The number of hydrogen-bond acceptors (Lipinski definition) is 3. The average Bonchev–Trinajstić information content (AvgIpc) is 3.57. The van der Waals surface area contributed by atoms with Gasteiger partial charge in [-0.05, 0) is 42.7 Å². The van der Waals surface area contributed by atoms with E-state index in [9.17, 15) is 0 Å². The summed E-state index contributed by atoms with van der Waals surface area (Å²) in [6, 6.07) is 18.6. The van der Waals surface area contributed by atoms with Gasteiger partial charge >= 0.3 is 0 Å². The monoisotopic (exact) mass is 393 g/mol. The summed E-state index contributed by atoms with van der Waals surface area (Å²) in [5.41, 5.74) is 1.62. The first kappa shape index (κ1) is 19.6. The van der Waals surface area contributed by atoms with Gasteiger partial charge in [-0.1, -0.05) is 30.3 Å². The van der Waals surface area contributed by atoms with Gasteiger partial charge in [-0.3, -0.25) is 4.99 Å². The average molecular weight is 394 g/mol. The molecule has 4 rings (SSSR count). The van der Waals surface area contributed by atoms with Gasteiger partial charge in [0.1, 0.15) is 17.6 Å². The minimum atomic E-state index is 0.233. The lowest BCUT2D eigenvalue weighted by Crippen LogP contribution is -2.49. The number of nitrogens with one attached hydrogen (secondary N) is 1. The zero-order valence-electron chi connectivity index (χ0n) is 17.4. The largest absolute Gasteiger partial charge is 0.497 e. The van der Waals surface area contributed by atoms with E-state index in [1.54, 1.807) is 7.11 Å². The van der Waals surface area contributed by atoms with Crippen molar-refractivity contribution in [1.82, 2.24) is 10.2 Å². The third-order valence-corrected chi connectivity index (χ3v) is 6.14. The van der Waals surface area contributed by atoms with E-state index < -0.39 is 0 Å². The molecule has 2 aliphatic rings. The number of rotatable bonds is 6. The number of para-hydroxylation sites is 1. The molecule has 5 heteroatoms. The van der Waals surface area contributed by atoms with Gasteiger partial charge in [0, 0.05) is 44.9 Å². The second-order valence-corrected chi connectivity index (χ2v) is 8.03. The fraction of sp³-hybridized carbons (Fsp3) is 0.458. The number of likely N-dealkylation sites (tertiary alicyclic amines) is 1. The Morgan fingerprint density at radius 3 is 2.31 bits per heavy atom. The molecule has 5 nitrogen and oxygen atoms in total. The van der Waals surface area contributed by atoms with Crippen molar-refractivity contribution in [1.29, 1.82) is 0 Å². The zero-order chi connectivity index (χ0) is 20.1. The van der Waals surface area contributed by atoms with Gasteiger partial charge in [0.2, 0.25) is 0 Å². The highest BCUT2D eigenvalue weighted by Crippen LogP contribution is 2.47. The minimum absolute atomic E-state index is 0.233. The van der Waals surface area contributed by atoms with E-state index in [0.717, 1.165) is 49.9 Å². The SMILES string of the molecule is CN=C(NCC1(c2ccc(OC)cc2)CC1)N1CCC(Oc2ccccc2)CC1. The van der Waals surface area contributed by atoms with Gasteiger partial charge < -0.3 is 19.7 Å². The molecule has 1 saturated heterocycles. The fourth-order valence-electron chi connectivity index (χ4n) is 4.12. The third-order valence-electron chi connectivity index (χ3n) is 6.14. The molecule has 2 aromatic rings. The molecule has 1 saturated carbocycles. The summed E-state index contributed by atoms with van der Waals surface area (Å²) >= 11 is 0. The van der Waals surface area contributed by atoms with E-state index in [1.165, 1.54) is 18.4 Å². The Bertz CT molecular complexity index is 808. The van der Waals surface area contributed by atoms with Crippen molar-refractivity contribution >= 4 is 5.96 Å². The maximum atomic E-state index is 6.12. The lowest BCUT2D eigenvalue weighted by molar-refractivity contribution is 0.129. The topological polar surface area (TPSA) is 46.1 Å². The highest BCUT2D eigenvalue weighted by molar-refractivity contribution is 5.80. The molecule has 1 heterocycles. The lowest BCUT2D eigenvalue weighted by Gasteiger charge is -2.35. The molecule has 1 aliphatic carbocycles. The summed E-state index contributed by atoms with van der Waals surface area (Å²) in [6.07, 6.45) is 4.74. The van der Waals surface area contributed by atoms with Crippen LogP contribution in [-0.2, 0) is 5.41 Å². The molecule has 0 radical (unpaired) electrons. The van der Waals surface area contributed by atoms with Crippen molar-refractivity contribution in [3.63, 3.8) is 0 Å². The first-order valence-corrected chi connectivity index (χ1v) is 10.5. The standard InChI is InChI=1S/C24H31N3O2/c1-25-23(26-18-24(14-15-24)19-8-10-20(28-2)11-9-19)27-16-12-22(13-17-27)29-21-6-4-3-5-7-21/h3-11,22H,12-18H2,1-2H3,(H,25,26). The van der Waals surface area contributed by atoms with E-state index in [1.807, 2.05) is 37.4 Å². The molecule has 1 N–H and O–H groups in total. The van der Waals surface area contributed by atoms with Crippen LogP contribution >= 0.6 is 0 Å². The molecule has 0 atom stereocenters. The molecule has 0 aromatic heterocycles. The van der Waals surface area contributed by atoms with Crippen LogP contribution in [0.4, 0.5) is 0 Å². The van der Waals surface area contributed by atoms with Crippen molar-refractivity contribution < 1.29 is 9.47 Å². The van der Waals surface area contributed by atoms with Crippen molar-refractivity contribution in [3.8, 4) is 11.5 Å². The van der Waals surface area contributed by atoms with Crippen LogP contribution < -0.4 is 14.8 Å². The Hall–Kier alpha value is -2.69. The smallest absolute Gasteiger partial charge is 0.193 e. The molecule has 0 spiro atoms. The van der Waals surface area contributed by atoms with Gasteiger partial charge in [-0.25, -0.2) is 0 Å². The second kappa shape index (κ2) is 8.76. The van der Waals surface area contributed by atoms with Crippen LogP contribution in [-0.4, -0.2) is 50.8 Å². The maximum Gasteiger partial charge on any atom is 0.193 e. The number of methoxy groups -OCH3 is 1. The fourth-order valence-corrected chi connectivity index (χ4v) is 4.12. The zero-order valence-corrected chi connectivity index (χ0v) is 17.4. The first-order valence-electron chi connectivity index (χ1n) is 10.5. The van der Waals surface area contributed by atoms with Crippen LogP contribution in [0.25, 0.3) is 0 Å². The molecule has 2 fully saturated rings. The van der Waals surface area contributed by atoms with E-state index in [-0.39, 0.29) is 11.5 Å². The Balaban J connectivity index is 1.29. The Kier molecular flexibility index (Phi) is 5.93. The second-order valence-electron chi connectivity index (χ2n) is 8.03. The number of guanidine groups is 1. The maximum absolute atomic E-state index is 6.12. The van der Waals surface area contributed by atoms with Crippen LogP contribution in [0.5, 0.6) is 11.5 Å². The summed E-state index contributed by atoms with van der Waals surface area (Å²) in [5.74, 6) is 2.88. The Labute approximate surface area is 173 Å². The summed E-state index contributed by atoms with van der Waals surface area (Å²) in [5, 5.41) is 3.64. The van der Waals surface area contributed by atoms with Gasteiger partial charge in [-0.15, -0.1) is 0 Å². The quantitative estimate of drug-likeness (QED) is 0.598. The van der Waals surface area contributed by atoms with Crippen molar-refractivity contribution in [2.75, 3.05) is 33.8 Å². The van der Waals surface area contributed by atoms with Gasteiger partial charge in [0.15, 0.2) is 5.96 Å². The molecule has 0 amide bonds. The van der Waals surface area contributed by atoms with E-state index in [2.05, 4.69) is 39.5 Å². The number of aliphatic imine (C=N–C) groups is 1. The van der Waals surface area contributed by atoms with Gasteiger partial charge in [0.05, 0.1) is 7.11 Å².